The largest absolute Gasteiger partial charge is 0.350 e. The second kappa shape index (κ2) is 5.28. The Morgan fingerprint density at radius 1 is 1.27 bits per heavy atom. The van der Waals surface area contributed by atoms with E-state index in [0.29, 0.717) is 0 Å². The molecule has 0 spiro atoms. The van der Waals surface area contributed by atoms with Crippen LogP contribution in [0.15, 0.2) is 0 Å². The molecule has 0 aromatic carbocycles. The molecule has 2 aliphatic rings. The number of ether oxygens (including phenoxy) is 2. The number of hydrogen-bond acceptors (Lipinski definition) is 3. The predicted octanol–water partition coefficient (Wildman–Crippen LogP) is 1.87. The Labute approximate surface area is 92.7 Å². The fourth-order valence-corrected chi connectivity index (χ4v) is 2.37. The molecule has 0 N–H and O–H groups in total. The Morgan fingerprint density at radius 3 is 2.47 bits per heavy atom. The lowest BCUT2D eigenvalue weighted by molar-refractivity contribution is -0.0535. The van der Waals surface area contributed by atoms with Crippen molar-refractivity contribution in [1.82, 2.24) is 4.90 Å². The Bertz CT molecular complexity index is 188. The van der Waals surface area contributed by atoms with E-state index >= 15 is 0 Å². The van der Waals surface area contributed by atoms with E-state index in [1.807, 2.05) is 0 Å². The molecule has 0 amide bonds. The first-order valence-electron chi connectivity index (χ1n) is 6.21. The zero-order chi connectivity index (χ0) is 10.7. The van der Waals surface area contributed by atoms with Crippen LogP contribution < -0.4 is 0 Å². The summed E-state index contributed by atoms with van der Waals surface area (Å²) in [7, 11) is 2.22. The van der Waals surface area contributed by atoms with Crippen molar-refractivity contribution in [2.45, 2.75) is 44.9 Å². The van der Waals surface area contributed by atoms with Crippen molar-refractivity contribution in [2.75, 3.05) is 26.8 Å². The molecule has 2 rings (SSSR count). The van der Waals surface area contributed by atoms with Gasteiger partial charge in [0.1, 0.15) is 0 Å². The van der Waals surface area contributed by atoms with E-state index in [0.717, 1.165) is 38.1 Å². The van der Waals surface area contributed by atoms with Gasteiger partial charge >= 0.3 is 0 Å². The van der Waals surface area contributed by atoms with Crippen molar-refractivity contribution >= 4 is 0 Å². The van der Waals surface area contributed by atoms with Crippen molar-refractivity contribution in [2.24, 2.45) is 5.92 Å². The lowest BCUT2D eigenvalue weighted by atomic mass is 9.80. The normalized spacial score (nSPS) is 25.8. The monoisotopic (exact) mass is 213 g/mol. The Morgan fingerprint density at radius 2 is 1.93 bits per heavy atom. The third-order valence-electron chi connectivity index (χ3n) is 3.94. The molecular formula is C12H23NO2. The van der Waals surface area contributed by atoms with Gasteiger partial charge in [0.2, 0.25) is 0 Å². The van der Waals surface area contributed by atoms with Gasteiger partial charge in [-0.05, 0) is 32.7 Å². The number of hydrogen-bond donors (Lipinski definition) is 0. The van der Waals surface area contributed by atoms with Gasteiger partial charge in [-0.1, -0.05) is 6.42 Å². The molecule has 1 aliphatic carbocycles. The lowest BCUT2D eigenvalue weighted by Gasteiger charge is -2.37. The van der Waals surface area contributed by atoms with E-state index < -0.39 is 0 Å². The second-order valence-corrected chi connectivity index (χ2v) is 4.87. The van der Waals surface area contributed by atoms with E-state index in [2.05, 4.69) is 18.9 Å². The van der Waals surface area contributed by atoms with E-state index in [4.69, 9.17) is 9.47 Å². The van der Waals surface area contributed by atoms with E-state index in [1.54, 1.807) is 0 Å². The molecule has 88 valence electrons. The summed E-state index contributed by atoms with van der Waals surface area (Å²) in [4.78, 5) is 2.45. The van der Waals surface area contributed by atoms with Crippen LogP contribution >= 0.6 is 0 Å². The van der Waals surface area contributed by atoms with E-state index in [1.165, 1.54) is 19.3 Å². The second-order valence-electron chi connectivity index (χ2n) is 4.87. The third-order valence-corrected chi connectivity index (χ3v) is 3.94. The van der Waals surface area contributed by atoms with Crippen LogP contribution in [-0.4, -0.2) is 44.0 Å². The first-order valence-corrected chi connectivity index (χ1v) is 6.21. The minimum Gasteiger partial charge on any atom is -0.350 e. The molecule has 2 fully saturated rings. The first-order chi connectivity index (χ1) is 7.27. The number of rotatable bonds is 5. The molecule has 0 aromatic rings. The SMILES string of the molecule is CC(C1CCC1)N(C)CCC1OCCO1. The first kappa shape index (κ1) is 11.4. The maximum absolute atomic E-state index is 5.43. The Hall–Kier alpha value is -0.120. The third kappa shape index (κ3) is 2.92. The lowest BCUT2D eigenvalue weighted by Crippen LogP contribution is -2.39. The molecule has 3 heteroatoms. The summed E-state index contributed by atoms with van der Waals surface area (Å²) in [5.41, 5.74) is 0. The van der Waals surface area contributed by atoms with Crippen LogP contribution in [-0.2, 0) is 9.47 Å². The van der Waals surface area contributed by atoms with E-state index in [-0.39, 0.29) is 6.29 Å². The topological polar surface area (TPSA) is 21.7 Å². The summed E-state index contributed by atoms with van der Waals surface area (Å²) in [6, 6.07) is 0.722. The maximum atomic E-state index is 5.43. The van der Waals surface area contributed by atoms with Gasteiger partial charge in [0.25, 0.3) is 0 Å². The Balaban J connectivity index is 1.64. The van der Waals surface area contributed by atoms with Crippen LogP contribution in [0.2, 0.25) is 0 Å². The quantitative estimate of drug-likeness (QED) is 0.696. The summed E-state index contributed by atoms with van der Waals surface area (Å²) in [5.74, 6) is 0.931. The summed E-state index contributed by atoms with van der Waals surface area (Å²) in [6.45, 7) is 4.97. The van der Waals surface area contributed by atoms with Gasteiger partial charge < -0.3 is 14.4 Å². The van der Waals surface area contributed by atoms with Crippen LogP contribution in [0.4, 0.5) is 0 Å². The molecular weight excluding hydrogens is 190 g/mol. The molecule has 15 heavy (non-hydrogen) atoms. The van der Waals surface area contributed by atoms with Gasteiger partial charge in [-0.25, -0.2) is 0 Å². The summed E-state index contributed by atoms with van der Waals surface area (Å²) in [5, 5.41) is 0. The molecule has 1 unspecified atom stereocenters. The average molecular weight is 213 g/mol. The standard InChI is InChI=1S/C12H23NO2/c1-10(11-4-3-5-11)13(2)7-6-12-14-8-9-15-12/h10-12H,3-9H2,1-2H3. The molecule has 3 nitrogen and oxygen atoms in total. The zero-order valence-corrected chi connectivity index (χ0v) is 9.95. The van der Waals surface area contributed by atoms with Gasteiger partial charge in [-0.3, -0.25) is 0 Å². The molecule has 1 heterocycles. The highest BCUT2D eigenvalue weighted by Crippen LogP contribution is 2.31. The fourth-order valence-electron chi connectivity index (χ4n) is 2.37. The van der Waals surface area contributed by atoms with Crippen LogP contribution in [0, 0.1) is 5.92 Å². The van der Waals surface area contributed by atoms with Crippen molar-refractivity contribution < 1.29 is 9.47 Å². The van der Waals surface area contributed by atoms with Crippen molar-refractivity contribution in [1.29, 1.82) is 0 Å². The molecule has 0 bridgehead atoms. The van der Waals surface area contributed by atoms with Crippen LogP contribution in [0.5, 0.6) is 0 Å². The molecule has 1 aliphatic heterocycles. The summed E-state index contributed by atoms with van der Waals surface area (Å²) in [6.07, 6.45) is 5.33. The molecule has 1 atom stereocenters. The van der Waals surface area contributed by atoms with Crippen molar-refractivity contribution in [3.8, 4) is 0 Å². The van der Waals surface area contributed by atoms with Gasteiger partial charge in [0.15, 0.2) is 6.29 Å². The van der Waals surface area contributed by atoms with Crippen LogP contribution in [0.1, 0.15) is 32.6 Å². The summed E-state index contributed by atoms with van der Waals surface area (Å²) >= 11 is 0. The minimum atomic E-state index is 0.0565. The van der Waals surface area contributed by atoms with Gasteiger partial charge in [0.05, 0.1) is 13.2 Å². The number of nitrogens with zero attached hydrogens (tertiary/aromatic N) is 1. The van der Waals surface area contributed by atoms with Crippen LogP contribution in [0.25, 0.3) is 0 Å². The molecule has 0 aromatic heterocycles. The molecule has 1 saturated carbocycles. The zero-order valence-electron chi connectivity index (χ0n) is 9.95. The minimum absolute atomic E-state index is 0.0565. The highest BCUT2D eigenvalue weighted by atomic mass is 16.7. The Kier molecular flexibility index (Phi) is 4.00. The fraction of sp³-hybridized carbons (Fsp3) is 1.00. The molecule has 0 radical (unpaired) electrons. The van der Waals surface area contributed by atoms with Crippen molar-refractivity contribution in [3.63, 3.8) is 0 Å². The van der Waals surface area contributed by atoms with Gasteiger partial charge in [-0.2, -0.15) is 0 Å². The average Bonchev–Trinajstić information content (AvgIpc) is 2.63. The maximum Gasteiger partial charge on any atom is 0.159 e. The van der Waals surface area contributed by atoms with Gasteiger partial charge in [0, 0.05) is 19.0 Å². The summed E-state index contributed by atoms with van der Waals surface area (Å²) < 4.78 is 10.9. The van der Waals surface area contributed by atoms with Crippen molar-refractivity contribution in [3.05, 3.63) is 0 Å². The smallest absolute Gasteiger partial charge is 0.159 e. The van der Waals surface area contributed by atoms with Crippen LogP contribution in [0.3, 0.4) is 0 Å². The molecule has 1 saturated heterocycles. The predicted molar refractivity (Wildman–Crippen MR) is 59.7 cm³/mol. The van der Waals surface area contributed by atoms with Gasteiger partial charge in [-0.15, -0.1) is 0 Å². The highest BCUT2D eigenvalue weighted by Gasteiger charge is 2.27. The highest BCUT2D eigenvalue weighted by molar-refractivity contribution is 4.80. The van der Waals surface area contributed by atoms with E-state index in [9.17, 15) is 0 Å².